The molecule has 0 aliphatic carbocycles. The Morgan fingerprint density at radius 2 is 1.73 bits per heavy atom. The summed E-state index contributed by atoms with van der Waals surface area (Å²) in [6, 6.07) is 10.9. The molecule has 3 heterocycles. The maximum absolute atomic E-state index is 14.1. The maximum Gasteiger partial charge on any atom is 0.261 e. The van der Waals surface area contributed by atoms with E-state index in [0.717, 1.165) is 12.8 Å². The number of amides is 1. The number of nitrogens with zero attached hydrogens (tertiary/aromatic N) is 5. The van der Waals surface area contributed by atoms with Crippen LogP contribution in [0.3, 0.4) is 0 Å². The summed E-state index contributed by atoms with van der Waals surface area (Å²) in [5.74, 6) is -0.0607. The van der Waals surface area contributed by atoms with E-state index in [1.54, 1.807) is 23.1 Å². The first-order valence-electron chi connectivity index (χ1n) is 12.5. The summed E-state index contributed by atoms with van der Waals surface area (Å²) in [5.41, 5.74) is 0.417. The Morgan fingerprint density at radius 3 is 2.43 bits per heavy atom. The number of piperidine rings is 1. The maximum atomic E-state index is 14.1. The second kappa shape index (κ2) is 10.2. The van der Waals surface area contributed by atoms with E-state index in [1.807, 2.05) is 4.90 Å². The first kappa shape index (κ1) is 25.3. The van der Waals surface area contributed by atoms with Crippen LogP contribution in [0.15, 0.2) is 58.5 Å². The highest BCUT2D eigenvalue weighted by molar-refractivity contribution is 7.89. The number of anilines is 1. The number of fused-ring (bicyclic) bond motifs is 1. The Hall–Kier alpha value is -3.31. The second-order valence-electron chi connectivity index (χ2n) is 9.76. The van der Waals surface area contributed by atoms with Crippen LogP contribution in [0, 0.1) is 11.7 Å². The van der Waals surface area contributed by atoms with Crippen molar-refractivity contribution in [3.63, 3.8) is 0 Å². The number of hydrogen-bond acceptors (Lipinski definition) is 6. The molecule has 1 amide bonds. The summed E-state index contributed by atoms with van der Waals surface area (Å²) < 4.78 is 43.1. The van der Waals surface area contributed by atoms with E-state index in [1.165, 1.54) is 39.5 Å². The molecule has 0 bridgehead atoms. The quantitative estimate of drug-likeness (QED) is 0.505. The summed E-state index contributed by atoms with van der Waals surface area (Å²) in [7, 11) is -3.73. The molecule has 2 aromatic carbocycles. The van der Waals surface area contributed by atoms with Crippen molar-refractivity contribution >= 4 is 32.5 Å². The van der Waals surface area contributed by atoms with Crippen molar-refractivity contribution in [1.82, 2.24) is 18.8 Å². The predicted octanol–water partition coefficient (Wildman–Crippen LogP) is 2.30. The molecule has 3 aromatic rings. The Morgan fingerprint density at radius 1 is 1.03 bits per heavy atom. The molecule has 0 radical (unpaired) electrons. The summed E-state index contributed by atoms with van der Waals surface area (Å²) in [5, 5.41) is 0.158. The topological polar surface area (TPSA) is 95.8 Å². The molecule has 0 unspecified atom stereocenters. The van der Waals surface area contributed by atoms with Gasteiger partial charge in [-0.2, -0.15) is 4.31 Å². The number of piperazine rings is 1. The molecule has 9 nitrogen and oxygen atoms in total. The molecule has 2 aliphatic rings. The summed E-state index contributed by atoms with van der Waals surface area (Å²) in [6.07, 6.45) is 2.92. The molecule has 0 N–H and O–H groups in total. The molecule has 11 heteroatoms. The fraction of sp³-hybridized carbons (Fsp3) is 0.423. The molecule has 1 aromatic heterocycles. The Labute approximate surface area is 215 Å². The number of rotatable bonds is 5. The van der Waals surface area contributed by atoms with Crippen molar-refractivity contribution in [2.45, 2.75) is 31.2 Å². The monoisotopic (exact) mass is 527 g/mol. The first-order valence-corrected chi connectivity index (χ1v) is 13.9. The highest BCUT2D eigenvalue weighted by atomic mass is 32.2. The van der Waals surface area contributed by atoms with Crippen molar-refractivity contribution < 1.29 is 17.6 Å². The van der Waals surface area contributed by atoms with E-state index < -0.39 is 15.6 Å². The van der Waals surface area contributed by atoms with Crippen LogP contribution < -0.4 is 10.5 Å². The molecular weight excluding hydrogens is 497 g/mol. The van der Waals surface area contributed by atoms with Gasteiger partial charge in [0.15, 0.2) is 0 Å². The van der Waals surface area contributed by atoms with Gasteiger partial charge >= 0.3 is 0 Å². The zero-order chi connectivity index (χ0) is 26.2. The van der Waals surface area contributed by atoms with E-state index in [2.05, 4.69) is 11.9 Å². The van der Waals surface area contributed by atoms with E-state index >= 15 is 0 Å². The van der Waals surface area contributed by atoms with E-state index in [9.17, 15) is 22.4 Å². The molecule has 2 aliphatic heterocycles. The second-order valence-corrected chi connectivity index (χ2v) is 11.7. The molecule has 37 heavy (non-hydrogen) atoms. The third-order valence-corrected chi connectivity index (χ3v) is 9.20. The zero-order valence-electron chi connectivity index (χ0n) is 20.7. The van der Waals surface area contributed by atoms with Gasteiger partial charge in [0.1, 0.15) is 12.4 Å². The minimum Gasteiger partial charge on any atom is -0.366 e. The third kappa shape index (κ3) is 5.10. The highest BCUT2D eigenvalue weighted by Crippen LogP contribution is 2.25. The fourth-order valence-electron chi connectivity index (χ4n) is 4.94. The van der Waals surface area contributed by atoms with E-state index in [0.29, 0.717) is 56.4 Å². The van der Waals surface area contributed by atoms with Gasteiger partial charge in [-0.3, -0.25) is 14.2 Å². The van der Waals surface area contributed by atoms with E-state index in [-0.39, 0.29) is 28.6 Å². The van der Waals surface area contributed by atoms with Crippen molar-refractivity contribution in [2.24, 2.45) is 5.92 Å². The van der Waals surface area contributed by atoms with Gasteiger partial charge in [0, 0.05) is 39.3 Å². The standard InChI is InChI=1S/C26H30FN5O4S/c1-19-8-10-32(11-9-19)37(35,36)20-6-7-23-21(16-20)26(34)31(18-28-23)17-25(33)30-14-12-29(13-15-30)24-5-3-2-4-22(24)27/h2-7,16,18-19H,8-15,17H2,1H3. The molecule has 196 valence electrons. The highest BCUT2D eigenvalue weighted by Gasteiger charge is 2.29. The summed E-state index contributed by atoms with van der Waals surface area (Å²) in [6.45, 7) is 4.58. The summed E-state index contributed by atoms with van der Waals surface area (Å²) >= 11 is 0. The van der Waals surface area contributed by atoms with Crippen LogP contribution in [0.25, 0.3) is 10.9 Å². The molecule has 5 rings (SSSR count). The van der Waals surface area contributed by atoms with Crippen LogP contribution in [-0.4, -0.2) is 72.3 Å². The lowest BCUT2D eigenvalue weighted by Gasteiger charge is -2.36. The number of hydrogen-bond donors (Lipinski definition) is 0. The Bertz CT molecular complexity index is 1480. The number of carbonyl (C=O) groups is 1. The smallest absolute Gasteiger partial charge is 0.261 e. The van der Waals surface area contributed by atoms with Crippen molar-refractivity contribution in [3.8, 4) is 0 Å². The van der Waals surface area contributed by atoms with Crippen molar-refractivity contribution in [3.05, 3.63) is 65.0 Å². The van der Waals surface area contributed by atoms with Crippen molar-refractivity contribution in [2.75, 3.05) is 44.2 Å². The SMILES string of the molecule is CC1CCN(S(=O)(=O)c2ccc3ncn(CC(=O)N4CCN(c5ccccc5F)CC4)c(=O)c3c2)CC1. The minimum absolute atomic E-state index is 0.0572. The van der Waals surface area contributed by atoms with E-state index in [4.69, 9.17) is 0 Å². The lowest BCUT2D eigenvalue weighted by atomic mass is 10.0. The number of para-hydroxylation sites is 1. The first-order chi connectivity index (χ1) is 17.7. The molecule has 2 saturated heterocycles. The zero-order valence-corrected chi connectivity index (χ0v) is 21.5. The van der Waals surface area contributed by atoms with Crippen LogP contribution in [0.5, 0.6) is 0 Å². The van der Waals surface area contributed by atoms with Crippen LogP contribution >= 0.6 is 0 Å². The number of carbonyl (C=O) groups excluding carboxylic acids is 1. The van der Waals surface area contributed by atoms with Gasteiger partial charge in [-0.1, -0.05) is 19.1 Å². The van der Waals surface area contributed by atoms with Gasteiger partial charge in [-0.15, -0.1) is 0 Å². The molecule has 2 fully saturated rings. The number of halogens is 1. The van der Waals surface area contributed by atoms with Gasteiger partial charge < -0.3 is 9.80 Å². The number of benzene rings is 2. The lowest BCUT2D eigenvalue weighted by Crippen LogP contribution is -2.50. The van der Waals surface area contributed by atoms with Crippen LogP contribution in [0.2, 0.25) is 0 Å². The average Bonchev–Trinajstić information content (AvgIpc) is 2.91. The molecule has 0 saturated carbocycles. The van der Waals surface area contributed by atoms with Gasteiger partial charge in [0.25, 0.3) is 5.56 Å². The molecular formula is C26H30FN5O4S. The van der Waals surface area contributed by atoms with Crippen LogP contribution in [0.1, 0.15) is 19.8 Å². The van der Waals surface area contributed by atoms with Gasteiger partial charge in [0.2, 0.25) is 15.9 Å². The number of sulfonamides is 1. The van der Waals surface area contributed by atoms with Crippen LogP contribution in [-0.2, 0) is 21.4 Å². The number of aromatic nitrogens is 2. The van der Waals surface area contributed by atoms with Crippen LogP contribution in [0.4, 0.5) is 10.1 Å². The summed E-state index contributed by atoms with van der Waals surface area (Å²) in [4.78, 5) is 34.1. The molecule has 0 atom stereocenters. The average molecular weight is 528 g/mol. The normalized spacial score (nSPS) is 17.9. The largest absolute Gasteiger partial charge is 0.366 e. The van der Waals surface area contributed by atoms with Gasteiger partial charge in [-0.05, 0) is 49.1 Å². The minimum atomic E-state index is -3.73. The van der Waals surface area contributed by atoms with Gasteiger partial charge in [0.05, 0.1) is 27.8 Å². The predicted molar refractivity (Wildman–Crippen MR) is 138 cm³/mol. The molecule has 0 spiro atoms. The fourth-order valence-corrected chi connectivity index (χ4v) is 6.43. The lowest BCUT2D eigenvalue weighted by molar-refractivity contribution is -0.132. The van der Waals surface area contributed by atoms with Gasteiger partial charge in [-0.25, -0.2) is 17.8 Å². The Balaban J connectivity index is 1.31. The van der Waals surface area contributed by atoms with Crippen molar-refractivity contribution in [1.29, 1.82) is 0 Å². The third-order valence-electron chi connectivity index (χ3n) is 7.31. The Kier molecular flexibility index (Phi) is 7.00.